The van der Waals surface area contributed by atoms with Gasteiger partial charge in [0.25, 0.3) is 0 Å². The lowest BCUT2D eigenvalue weighted by Crippen LogP contribution is -2.59. The number of carbonyl (C=O) groups excluding carboxylic acids is 2. The Kier molecular flexibility index (Phi) is 5.01. The van der Waals surface area contributed by atoms with E-state index in [1.807, 2.05) is 39.5 Å². The third kappa shape index (κ3) is 3.96. The van der Waals surface area contributed by atoms with Crippen molar-refractivity contribution in [3.63, 3.8) is 0 Å². The number of hydrogen-bond donors (Lipinski definition) is 1. The highest BCUT2D eigenvalue weighted by Gasteiger charge is 2.36. The van der Waals surface area contributed by atoms with Gasteiger partial charge in [-0.25, -0.2) is 4.79 Å². The molecule has 132 valence electrons. The van der Waals surface area contributed by atoms with Crippen LogP contribution >= 0.6 is 0 Å². The number of amides is 1. The maximum atomic E-state index is 12.4. The number of anilines is 1. The minimum atomic E-state index is -0.536. The fourth-order valence-electron chi connectivity index (χ4n) is 2.90. The Hall–Kier alpha value is -2.31. The van der Waals surface area contributed by atoms with Gasteiger partial charge in [-0.2, -0.15) is 4.98 Å². The Balaban J connectivity index is 2.14. The molecule has 0 saturated carbocycles. The Bertz CT molecular complexity index is 615. The van der Waals surface area contributed by atoms with Crippen molar-refractivity contribution >= 4 is 18.2 Å². The van der Waals surface area contributed by atoms with Crippen LogP contribution in [0.15, 0.2) is 12.1 Å². The van der Waals surface area contributed by atoms with Gasteiger partial charge in [-0.05, 0) is 46.8 Å². The molecule has 1 aliphatic rings. The summed E-state index contributed by atoms with van der Waals surface area (Å²) < 4.78 is 5.48. The number of aromatic hydroxyl groups is 1. The molecule has 0 aliphatic carbocycles. The second-order valence-electron chi connectivity index (χ2n) is 7.19. The summed E-state index contributed by atoms with van der Waals surface area (Å²) in [5.41, 5.74) is -0.377. The molecule has 24 heavy (non-hydrogen) atoms. The van der Waals surface area contributed by atoms with Crippen LogP contribution in [0.5, 0.6) is 5.88 Å². The number of carbonyl (C=O) groups is 2. The molecule has 2 rings (SSSR count). The molecular formula is C17H25N3O4. The molecule has 0 radical (unpaired) electrons. The van der Waals surface area contributed by atoms with E-state index in [-0.39, 0.29) is 29.6 Å². The number of aromatic nitrogens is 1. The van der Waals surface area contributed by atoms with Crippen LogP contribution in [0.2, 0.25) is 0 Å². The molecule has 1 saturated heterocycles. The molecule has 0 unspecified atom stereocenters. The lowest BCUT2D eigenvalue weighted by Gasteiger charge is -2.44. The van der Waals surface area contributed by atoms with Gasteiger partial charge in [-0.1, -0.05) is 0 Å². The number of hydrogen-bond acceptors (Lipinski definition) is 6. The van der Waals surface area contributed by atoms with E-state index in [1.54, 1.807) is 17.0 Å². The third-order valence-electron chi connectivity index (χ3n) is 3.86. The summed E-state index contributed by atoms with van der Waals surface area (Å²) in [7, 11) is 0. The van der Waals surface area contributed by atoms with E-state index < -0.39 is 5.60 Å². The fourth-order valence-corrected chi connectivity index (χ4v) is 2.90. The average Bonchev–Trinajstić information content (AvgIpc) is 2.44. The second-order valence-corrected chi connectivity index (χ2v) is 7.19. The number of aldehydes is 1. The summed E-state index contributed by atoms with van der Waals surface area (Å²) in [4.78, 5) is 31.0. The number of nitrogens with zero attached hydrogens (tertiary/aromatic N) is 3. The molecule has 2 heterocycles. The van der Waals surface area contributed by atoms with Crippen molar-refractivity contribution in [1.29, 1.82) is 0 Å². The van der Waals surface area contributed by atoms with Gasteiger partial charge in [0.05, 0.1) is 17.6 Å². The van der Waals surface area contributed by atoms with Gasteiger partial charge in [-0.3, -0.25) is 9.69 Å². The number of ether oxygens (including phenoxy) is 1. The molecule has 0 bridgehead atoms. The second kappa shape index (κ2) is 6.67. The van der Waals surface area contributed by atoms with Crippen LogP contribution in [0.4, 0.5) is 10.6 Å². The summed E-state index contributed by atoms with van der Waals surface area (Å²) in [6.07, 6.45) is 0.243. The first-order valence-corrected chi connectivity index (χ1v) is 8.04. The fraction of sp³-hybridized carbons (Fsp3) is 0.588. The molecule has 1 aliphatic heterocycles. The Morgan fingerprint density at radius 2 is 1.88 bits per heavy atom. The Morgan fingerprint density at radius 3 is 2.33 bits per heavy atom. The number of rotatable bonds is 2. The van der Waals surface area contributed by atoms with Crippen molar-refractivity contribution in [2.75, 3.05) is 18.0 Å². The van der Waals surface area contributed by atoms with Gasteiger partial charge >= 0.3 is 6.09 Å². The molecular weight excluding hydrogens is 310 g/mol. The molecule has 2 atom stereocenters. The predicted molar refractivity (Wildman–Crippen MR) is 90.5 cm³/mol. The van der Waals surface area contributed by atoms with Crippen molar-refractivity contribution in [3.8, 4) is 5.88 Å². The van der Waals surface area contributed by atoms with Crippen LogP contribution < -0.4 is 4.90 Å². The average molecular weight is 335 g/mol. The molecule has 7 heteroatoms. The first kappa shape index (κ1) is 18.0. The summed E-state index contributed by atoms with van der Waals surface area (Å²) in [5, 5.41) is 9.77. The predicted octanol–water partition coefficient (Wildman–Crippen LogP) is 2.43. The summed E-state index contributed by atoms with van der Waals surface area (Å²) in [6.45, 7) is 10.6. The minimum Gasteiger partial charge on any atom is -0.493 e. The monoisotopic (exact) mass is 335 g/mol. The summed E-state index contributed by atoms with van der Waals surface area (Å²) >= 11 is 0. The zero-order chi connectivity index (χ0) is 18.1. The van der Waals surface area contributed by atoms with E-state index in [1.165, 1.54) is 0 Å². The largest absolute Gasteiger partial charge is 0.493 e. The first-order chi connectivity index (χ1) is 11.1. The van der Waals surface area contributed by atoms with Crippen LogP contribution in [-0.2, 0) is 4.74 Å². The standard InChI is InChI=1S/C17H25N3O4/c1-11-8-19(14-7-6-13(10-21)15(22)18-14)9-12(2)20(11)16(23)24-17(3,4)5/h6-7,10-12H,8-9H2,1-5H3,(H,18,22)/t11-,12+. The summed E-state index contributed by atoms with van der Waals surface area (Å²) in [5.74, 6) is 0.304. The van der Waals surface area contributed by atoms with Crippen molar-refractivity contribution in [2.45, 2.75) is 52.3 Å². The highest BCUT2D eigenvalue weighted by molar-refractivity contribution is 5.78. The molecule has 1 aromatic rings. The molecule has 1 amide bonds. The van der Waals surface area contributed by atoms with Crippen molar-refractivity contribution in [2.24, 2.45) is 0 Å². The smallest absolute Gasteiger partial charge is 0.410 e. The van der Waals surface area contributed by atoms with E-state index in [9.17, 15) is 14.7 Å². The van der Waals surface area contributed by atoms with Gasteiger partial charge < -0.3 is 14.7 Å². The number of pyridine rings is 1. The molecule has 7 nitrogen and oxygen atoms in total. The minimum absolute atomic E-state index is 0.0710. The van der Waals surface area contributed by atoms with Crippen LogP contribution in [0, 0.1) is 0 Å². The van der Waals surface area contributed by atoms with Crippen LogP contribution in [0.3, 0.4) is 0 Å². The summed E-state index contributed by atoms with van der Waals surface area (Å²) in [6, 6.07) is 3.10. The quantitative estimate of drug-likeness (QED) is 0.836. The normalized spacial score (nSPS) is 21.5. The highest BCUT2D eigenvalue weighted by Crippen LogP contribution is 2.25. The lowest BCUT2D eigenvalue weighted by molar-refractivity contribution is 0.00558. The van der Waals surface area contributed by atoms with Crippen LogP contribution in [-0.4, -0.2) is 58.1 Å². The highest BCUT2D eigenvalue weighted by atomic mass is 16.6. The van der Waals surface area contributed by atoms with E-state index in [2.05, 4.69) is 4.98 Å². The zero-order valence-electron chi connectivity index (χ0n) is 14.8. The molecule has 1 fully saturated rings. The van der Waals surface area contributed by atoms with Crippen LogP contribution in [0.1, 0.15) is 45.0 Å². The SMILES string of the molecule is C[C@@H]1CN(c2ccc(C=O)c(O)n2)C[C@H](C)N1C(=O)OC(C)(C)C. The topological polar surface area (TPSA) is 83.0 Å². The molecule has 0 spiro atoms. The molecule has 1 N–H and O–H groups in total. The third-order valence-corrected chi connectivity index (χ3v) is 3.86. The van der Waals surface area contributed by atoms with E-state index in [0.717, 1.165) is 0 Å². The van der Waals surface area contributed by atoms with Crippen molar-refractivity contribution < 1.29 is 19.4 Å². The van der Waals surface area contributed by atoms with Crippen molar-refractivity contribution in [1.82, 2.24) is 9.88 Å². The van der Waals surface area contributed by atoms with Crippen molar-refractivity contribution in [3.05, 3.63) is 17.7 Å². The lowest BCUT2D eigenvalue weighted by atomic mass is 10.1. The zero-order valence-corrected chi connectivity index (χ0v) is 14.8. The van der Waals surface area contributed by atoms with Gasteiger partial charge in [0.2, 0.25) is 5.88 Å². The molecule has 0 aromatic carbocycles. The van der Waals surface area contributed by atoms with Gasteiger partial charge in [-0.15, -0.1) is 0 Å². The maximum absolute atomic E-state index is 12.4. The van der Waals surface area contributed by atoms with E-state index in [4.69, 9.17) is 4.74 Å². The van der Waals surface area contributed by atoms with Gasteiger partial charge in [0.15, 0.2) is 6.29 Å². The van der Waals surface area contributed by atoms with Crippen LogP contribution in [0.25, 0.3) is 0 Å². The van der Waals surface area contributed by atoms with E-state index >= 15 is 0 Å². The molecule has 1 aromatic heterocycles. The van der Waals surface area contributed by atoms with Gasteiger partial charge in [0, 0.05) is 13.1 Å². The maximum Gasteiger partial charge on any atom is 0.410 e. The first-order valence-electron chi connectivity index (χ1n) is 8.04. The number of piperazine rings is 1. The Labute approximate surface area is 142 Å². The van der Waals surface area contributed by atoms with E-state index in [0.29, 0.717) is 25.2 Å². The Morgan fingerprint density at radius 1 is 1.29 bits per heavy atom. The van der Waals surface area contributed by atoms with Gasteiger partial charge in [0.1, 0.15) is 11.4 Å².